The van der Waals surface area contributed by atoms with Gasteiger partial charge in [-0.2, -0.15) is 13.2 Å². The smallest absolute Gasteiger partial charge is 0.416 e. The van der Waals surface area contributed by atoms with Crippen LogP contribution in [0.15, 0.2) is 35.8 Å². The van der Waals surface area contributed by atoms with Gasteiger partial charge in [-0.1, -0.05) is 23.5 Å². The molecule has 6 nitrogen and oxygen atoms in total. The highest BCUT2D eigenvalue weighted by molar-refractivity contribution is 7.17. The molecule has 0 unspecified atom stereocenters. The minimum atomic E-state index is -4.39. The van der Waals surface area contributed by atoms with Crippen molar-refractivity contribution in [2.75, 3.05) is 12.4 Å². The van der Waals surface area contributed by atoms with Crippen LogP contribution in [0.5, 0.6) is 0 Å². The van der Waals surface area contributed by atoms with Crippen molar-refractivity contribution >= 4 is 39.7 Å². The molecular formula is C17H12F3N3O3S2. The van der Waals surface area contributed by atoms with E-state index in [0.29, 0.717) is 16.3 Å². The van der Waals surface area contributed by atoms with Gasteiger partial charge >= 0.3 is 12.1 Å². The monoisotopic (exact) mass is 427 g/mol. The minimum Gasteiger partial charge on any atom is -0.465 e. The number of hydrogen-bond acceptors (Lipinski definition) is 7. The molecule has 2 aromatic heterocycles. The Bertz CT molecular complexity index is 997. The number of anilines is 1. The van der Waals surface area contributed by atoms with Crippen molar-refractivity contribution in [2.24, 2.45) is 0 Å². The predicted octanol–water partition coefficient (Wildman–Crippen LogP) is 4.25. The summed E-state index contributed by atoms with van der Waals surface area (Å²) in [6.45, 7) is 0. The van der Waals surface area contributed by atoms with Crippen molar-refractivity contribution in [2.45, 2.75) is 12.6 Å². The van der Waals surface area contributed by atoms with E-state index in [2.05, 4.69) is 20.0 Å². The first-order chi connectivity index (χ1) is 13.3. The molecule has 0 aliphatic heterocycles. The standard InChI is InChI=1S/C17H12F3N3O3S2/c1-26-15(25)12-7-21-16(28-12)23-13(24)6-11-8-27-14(22-11)9-2-4-10(5-3-9)17(18,19)20/h2-5,7-8H,6H2,1H3,(H,21,23,24). The largest absolute Gasteiger partial charge is 0.465 e. The van der Waals surface area contributed by atoms with Crippen molar-refractivity contribution in [3.63, 3.8) is 0 Å². The van der Waals surface area contributed by atoms with Crippen molar-refractivity contribution in [1.29, 1.82) is 0 Å². The fourth-order valence-electron chi connectivity index (χ4n) is 2.18. The average molecular weight is 427 g/mol. The van der Waals surface area contributed by atoms with Gasteiger partial charge in [-0.15, -0.1) is 11.3 Å². The molecule has 1 amide bonds. The number of nitrogens with one attached hydrogen (secondary N) is 1. The van der Waals surface area contributed by atoms with Gasteiger partial charge in [0.1, 0.15) is 9.88 Å². The van der Waals surface area contributed by atoms with E-state index in [-0.39, 0.29) is 22.3 Å². The molecule has 3 aromatic rings. The number of methoxy groups -OCH3 is 1. The Kier molecular flexibility index (Phi) is 5.75. The second-order valence-corrected chi connectivity index (χ2v) is 7.35. The Morgan fingerprint density at radius 1 is 1.21 bits per heavy atom. The first kappa shape index (κ1) is 20.0. The molecule has 0 bridgehead atoms. The average Bonchev–Trinajstić information content (AvgIpc) is 3.30. The molecule has 0 aliphatic rings. The third kappa shape index (κ3) is 4.73. The molecule has 11 heteroatoms. The van der Waals surface area contributed by atoms with Crippen LogP contribution in [0.1, 0.15) is 20.9 Å². The summed E-state index contributed by atoms with van der Waals surface area (Å²) >= 11 is 2.21. The van der Waals surface area contributed by atoms with Crippen molar-refractivity contribution in [3.05, 3.63) is 52.0 Å². The Morgan fingerprint density at radius 3 is 2.57 bits per heavy atom. The van der Waals surface area contributed by atoms with Gasteiger partial charge in [-0.3, -0.25) is 4.79 Å². The fraction of sp³-hybridized carbons (Fsp3) is 0.176. The van der Waals surface area contributed by atoms with Gasteiger partial charge in [0, 0.05) is 10.9 Å². The molecule has 0 fully saturated rings. The summed E-state index contributed by atoms with van der Waals surface area (Å²) in [7, 11) is 1.25. The summed E-state index contributed by atoms with van der Waals surface area (Å²) < 4.78 is 42.5. The van der Waals surface area contributed by atoms with Crippen LogP contribution >= 0.6 is 22.7 Å². The predicted molar refractivity (Wildman–Crippen MR) is 98.3 cm³/mol. The molecule has 1 N–H and O–H groups in total. The molecule has 0 spiro atoms. The summed E-state index contributed by atoms with van der Waals surface area (Å²) in [5.41, 5.74) is 0.275. The number of esters is 1. The first-order valence-corrected chi connectivity index (χ1v) is 9.42. The fourth-order valence-corrected chi connectivity index (χ4v) is 3.75. The highest BCUT2D eigenvalue weighted by atomic mass is 32.1. The molecule has 1 aromatic carbocycles. The Balaban J connectivity index is 1.63. The van der Waals surface area contributed by atoms with Crippen LogP contribution in [0, 0.1) is 0 Å². The van der Waals surface area contributed by atoms with E-state index in [1.807, 2.05) is 0 Å². The number of nitrogens with zero attached hydrogens (tertiary/aromatic N) is 2. The number of ether oxygens (including phenoxy) is 1. The third-order valence-electron chi connectivity index (χ3n) is 3.49. The molecule has 0 aliphatic carbocycles. The van der Waals surface area contributed by atoms with Crippen LogP contribution in [0.25, 0.3) is 10.6 Å². The van der Waals surface area contributed by atoms with Crippen LogP contribution in [0.3, 0.4) is 0 Å². The molecular weight excluding hydrogens is 415 g/mol. The maximum absolute atomic E-state index is 12.6. The van der Waals surface area contributed by atoms with Crippen LogP contribution in [-0.4, -0.2) is 29.0 Å². The van der Waals surface area contributed by atoms with Gasteiger partial charge in [0.2, 0.25) is 5.91 Å². The molecule has 2 heterocycles. The van der Waals surface area contributed by atoms with Gasteiger partial charge in [-0.25, -0.2) is 14.8 Å². The molecule has 0 saturated heterocycles. The number of aromatic nitrogens is 2. The lowest BCUT2D eigenvalue weighted by Gasteiger charge is -2.06. The summed E-state index contributed by atoms with van der Waals surface area (Å²) in [4.78, 5) is 32.0. The zero-order valence-electron chi connectivity index (χ0n) is 14.2. The van der Waals surface area contributed by atoms with E-state index < -0.39 is 17.7 Å². The lowest BCUT2D eigenvalue weighted by molar-refractivity contribution is -0.137. The van der Waals surface area contributed by atoms with Gasteiger partial charge in [0.15, 0.2) is 5.13 Å². The maximum Gasteiger partial charge on any atom is 0.416 e. The highest BCUT2D eigenvalue weighted by Crippen LogP contribution is 2.31. The van der Waals surface area contributed by atoms with Crippen molar-refractivity contribution in [3.8, 4) is 10.6 Å². The molecule has 0 radical (unpaired) electrons. The van der Waals surface area contributed by atoms with Crippen molar-refractivity contribution in [1.82, 2.24) is 9.97 Å². The molecule has 3 rings (SSSR count). The second-order valence-electron chi connectivity index (χ2n) is 5.47. The molecule has 28 heavy (non-hydrogen) atoms. The zero-order chi connectivity index (χ0) is 20.3. The number of benzene rings is 1. The summed E-state index contributed by atoms with van der Waals surface area (Å²) in [5.74, 6) is -0.922. The number of rotatable bonds is 5. The lowest BCUT2D eigenvalue weighted by atomic mass is 10.1. The van der Waals surface area contributed by atoms with E-state index in [9.17, 15) is 22.8 Å². The van der Waals surface area contributed by atoms with Gasteiger partial charge in [-0.05, 0) is 12.1 Å². The Labute approximate surface area is 165 Å². The number of hydrogen-bond donors (Lipinski definition) is 1. The highest BCUT2D eigenvalue weighted by Gasteiger charge is 2.30. The van der Waals surface area contributed by atoms with Crippen molar-refractivity contribution < 1.29 is 27.5 Å². The maximum atomic E-state index is 12.6. The summed E-state index contributed by atoms with van der Waals surface area (Å²) in [6, 6.07) is 4.67. The zero-order valence-corrected chi connectivity index (χ0v) is 15.9. The topological polar surface area (TPSA) is 81.2 Å². The quantitative estimate of drug-likeness (QED) is 0.616. The number of amides is 1. The normalized spacial score (nSPS) is 11.3. The lowest BCUT2D eigenvalue weighted by Crippen LogP contribution is -2.14. The van der Waals surface area contributed by atoms with E-state index in [4.69, 9.17) is 0 Å². The number of alkyl halides is 3. The van der Waals surface area contributed by atoms with E-state index in [1.54, 1.807) is 5.38 Å². The van der Waals surface area contributed by atoms with Crippen LogP contribution in [-0.2, 0) is 22.1 Å². The van der Waals surface area contributed by atoms with E-state index >= 15 is 0 Å². The van der Waals surface area contributed by atoms with E-state index in [1.165, 1.54) is 36.8 Å². The molecule has 0 atom stereocenters. The summed E-state index contributed by atoms with van der Waals surface area (Å²) in [6.07, 6.45) is -3.13. The number of carbonyl (C=O) groups is 2. The van der Waals surface area contributed by atoms with Crippen LogP contribution in [0.4, 0.5) is 18.3 Å². The van der Waals surface area contributed by atoms with E-state index in [0.717, 1.165) is 23.5 Å². The summed E-state index contributed by atoms with van der Waals surface area (Å²) in [5, 5.41) is 4.99. The minimum absolute atomic E-state index is 0.0374. The first-order valence-electron chi connectivity index (χ1n) is 7.72. The number of halogens is 3. The van der Waals surface area contributed by atoms with Gasteiger partial charge in [0.05, 0.1) is 31.0 Å². The number of carbonyl (C=O) groups excluding carboxylic acids is 2. The SMILES string of the molecule is COC(=O)c1cnc(NC(=O)Cc2csc(-c3ccc(C(F)(F)F)cc3)n2)s1. The van der Waals surface area contributed by atoms with Crippen LogP contribution in [0.2, 0.25) is 0 Å². The van der Waals surface area contributed by atoms with Gasteiger partial charge < -0.3 is 10.1 Å². The van der Waals surface area contributed by atoms with Crippen LogP contribution < -0.4 is 5.32 Å². The number of thiazole rings is 2. The van der Waals surface area contributed by atoms with Gasteiger partial charge in [0.25, 0.3) is 0 Å². The Morgan fingerprint density at radius 2 is 1.93 bits per heavy atom. The molecule has 0 saturated carbocycles. The third-order valence-corrected chi connectivity index (χ3v) is 5.32. The Hall–Kier alpha value is -2.79. The molecule has 146 valence electrons. The second kappa shape index (κ2) is 8.07.